The van der Waals surface area contributed by atoms with E-state index >= 15 is 0 Å². The zero-order valence-electron chi connectivity index (χ0n) is 12.0. The van der Waals surface area contributed by atoms with Crippen molar-refractivity contribution in [1.82, 2.24) is 10.4 Å². The van der Waals surface area contributed by atoms with Crippen molar-refractivity contribution in [2.45, 2.75) is 6.92 Å². The number of urea groups is 1. The first kappa shape index (κ1) is 15.3. The normalized spacial score (nSPS) is 10.6. The van der Waals surface area contributed by atoms with Gasteiger partial charge >= 0.3 is 6.03 Å². The summed E-state index contributed by atoms with van der Waals surface area (Å²) in [6.45, 7) is 2.40. The molecule has 22 heavy (non-hydrogen) atoms. The Bertz CT molecular complexity index is 701. The topological polar surface area (TPSA) is 110 Å². The lowest BCUT2D eigenvalue weighted by Gasteiger charge is -2.12. The third kappa shape index (κ3) is 3.51. The first-order chi connectivity index (χ1) is 10.6. The molecule has 114 valence electrons. The molecule has 2 amide bonds. The highest BCUT2D eigenvalue weighted by Gasteiger charge is 2.13. The van der Waals surface area contributed by atoms with Crippen LogP contribution in [0, 0.1) is 0 Å². The molecular formula is C15H16N4O3. The van der Waals surface area contributed by atoms with Gasteiger partial charge in [0.2, 0.25) is 0 Å². The quantitative estimate of drug-likeness (QED) is 0.578. The zero-order chi connectivity index (χ0) is 15.9. The molecule has 1 aromatic heterocycles. The van der Waals surface area contributed by atoms with Crippen molar-refractivity contribution in [2.75, 3.05) is 6.61 Å². The molecule has 0 spiro atoms. The maximum absolute atomic E-state index is 10.6. The van der Waals surface area contributed by atoms with E-state index in [9.17, 15) is 9.90 Å². The fraction of sp³-hybridized carbons (Fsp3) is 0.133. The number of hydrogen-bond acceptors (Lipinski definition) is 5. The van der Waals surface area contributed by atoms with Gasteiger partial charge in [0.15, 0.2) is 5.75 Å². The van der Waals surface area contributed by atoms with Crippen molar-refractivity contribution in [3.8, 4) is 22.6 Å². The highest BCUT2D eigenvalue weighted by Crippen LogP contribution is 2.36. The van der Waals surface area contributed by atoms with Crippen LogP contribution >= 0.6 is 0 Å². The van der Waals surface area contributed by atoms with Gasteiger partial charge < -0.3 is 15.6 Å². The molecule has 0 aliphatic heterocycles. The molecule has 0 bridgehead atoms. The van der Waals surface area contributed by atoms with E-state index in [1.165, 1.54) is 12.4 Å². The fourth-order valence-corrected chi connectivity index (χ4v) is 1.91. The smallest absolute Gasteiger partial charge is 0.332 e. The summed E-state index contributed by atoms with van der Waals surface area (Å²) in [5.41, 5.74) is 8.45. The molecule has 7 nitrogen and oxygen atoms in total. The lowest BCUT2D eigenvalue weighted by Crippen LogP contribution is -2.24. The first-order valence-electron chi connectivity index (χ1n) is 6.62. The van der Waals surface area contributed by atoms with Gasteiger partial charge in [-0.05, 0) is 19.1 Å². The van der Waals surface area contributed by atoms with Gasteiger partial charge in [-0.1, -0.05) is 18.2 Å². The number of hydrazone groups is 1. The number of benzene rings is 1. The van der Waals surface area contributed by atoms with Crippen LogP contribution in [0.5, 0.6) is 11.5 Å². The Hall–Kier alpha value is -3.09. The molecule has 7 heteroatoms. The maximum Gasteiger partial charge on any atom is 0.332 e. The number of aromatic hydroxyl groups is 1. The van der Waals surface area contributed by atoms with Crippen LogP contribution in [0.4, 0.5) is 4.79 Å². The van der Waals surface area contributed by atoms with Gasteiger partial charge in [0.25, 0.3) is 0 Å². The molecule has 0 aliphatic carbocycles. The summed E-state index contributed by atoms with van der Waals surface area (Å²) in [5, 5.41) is 13.9. The predicted molar refractivity (Wildman–Crippen MR) is 82.8 cm³/mol. The number of carbonyl (C=O) groups is 1. The molecule has 1 heterocycles. The summed E-state index contributed by atoms with van der Waals surface area (Å²) in [6, 6.07) is 8.23. The van der Waals surface area contributed by atoms with Gasteiger partial charge in [-0.3, -0.25) is 4.98 Å². The number of ether oxygens (including phenoxy) is 1. The van der Waals surface area contributed by atoms with E-state index in [1.54, 1.807) is 6.07 Å². The van der Waals surface area contributed by atoms with Gasteiger partial charge in [-0.25, -0.2) is 10.2 Å². The third-order valence-corrected chi connectivity index (χ3v) is 2.79. The molecule has 0 saturated carbocycles. The highest BCUT2D eigenvalue weighted by atomic mass is 16.5. The van der Waals surface area contributed by atoms with E-state index in [-0.39, 0.29) is 11.4 Å². The molecular weight excluding hydrogens is 284 g/mol. The molecule has 0 aliphatic rings. The Morgan fingerprint density at radius 2 is 2.18 bits per heavy atom. The minimum Gasteiger partial charge on any atom is -0.505 e. The Morgan fingerprint density at radius 1 is 1.41 bits per heavy atom. The largest absolute Gasteiger partial charge is 0.505 e. The Morgan fingerprint density at radius 3 is 2.91 bits per heavy atom. The Labute approximate surface area is 127 Å². The van der Waals surface area contributed by atoms with Crippen LogP contribution in [0.15, 0.2) is 41.6 Å². The number of carbonyl (C=O) groups excluding carboxylic acids is 1. The minimum atomic E-state index is -0.798. The van der Waals surface area contributed by atoms with E-state index in [1.807, 2.05) is 36.6 Å². The highest BCUT2D eigenvalue weighted by molar-refractivity contribution is 5.88. The van der Waals surface area contributed by atoms with E-state index in [2.05, 4.69) is 10.1 Å². The predicted octanol–water partition coefficient (Wildman–Crippen LogP) is 1.86. The van der Waals surface area contributed by atoms with Crippen molar-refractivity contribution in [3.63, 3.8) is 0 Å². The Balaban J connectivity index is 2.41. The summed E-state index contributed by atoms with van der Waals surface area (Å²) >= 11 is 0. The van der Waals surface area contributed by atoms with E-state index < -0.39 is 6.03 Å². The van der Waals surface area contributed by atoms with Crippen molar-refractivity contribution in [3.05, 3.63) is 42.2 Å². The number of aromatic nitrogens is 1. The van der Waals surface area contributed by atoms with Crippen LogP contribution in [0.1, 0.15) is 12.6 Å². The van der Waals surface area contributed by atoms with E-state index in [4.69, 9.17) is 10.5 Å². The number of hydrogen-bond donors (Lipinski definition) is 3. The molecule has 0 radical (unpaired) electrons. The van der Waals surface area contributed by atoms with Crippen molar-refractivity contribution in [2.24, 2.45) is 10.8 Å². The molecule has 0 saturated heterocycles. The number of primary amides is 1. The number of nitrogens with one attached hydrogen (secondary N) is 1. The van der Waals surface area contributed by atoms with Crippen LogP contribution < -0.4 is 15.9 Å². The maximum atomic E-state index is 10.6. The van der Waals surface area contributed by atoms with Crippen LogP contribution in [0.2, 0.25) is 0 Å². The summed E-state index contributed by atoms with van der Waals surface area (Å²) in [4.78, 5) is 14.6. The monoisotopic (exact) mass is 300 g/mol. The lowest BCUT2D eigenvalue weighted by molar-refractivity contribution is 0.249. The van der Waals surface area contributed by atoms with Crippen molar-refractivity contribution in [1.29, 1.82) is 0 Å². The Kier molecular flexibility index (Phi) is 4.92. The minimum absolute atomic E-state index is 0.0651. The second kappa shape index (κ2) is 7.07. The number of rotatable bonds is 5. The molecule has 0 atom stereocenters. The van der Waals surface area contributed by atoms with Gasteiger partial charge in [-0.2, -0.15) is 5.10 Å². The van der Waals surface area contributed by atoms with Crippen molar-refractivity contribution < 1.29 is 14.6 Å². The molecule has 2 rings (SSSR count). The van der Waals surface area contributed by atoms with Gasteiger partial charge in [-0.15, -0.1) is 0 Å². The van der Waals surface area contributed by atoms with Gasteiger partial charge in [0.05, 0.1) is 12.8 Å². The summed E-state index contributed by atoms with van der Waals surface area (Å²) in [5.74, 6) is 0.592. The van der Waals surface area contributed by atoms with Crippen LogP contribution in [0.3, 0.4) is 0 Å². The van der Waals surface area contributed by atoms with E-state index in [0.29, 0.717) is 17.9 Å². The zero-order valence-corrected chi connectivity index (χ0v) is 12.0. The van der Waals surface area contributed by atoms with Crippen LogP contribution in [0.25, 0.3) is 11.1 Å². The third-order valence-electron chi connectivity index (χ3n) is 2.79. The molecule has 1 aromatic carbocycles. The summed E-state index contributed by atoms with van der Waals surface area (Å²) < 4.78 is 5.56. The van der Waals surface area contributed by atoms with Crippen LogP contribution in [-0.2, 0) is 0 Å². The molecule has 2 aromatic rings. The first-order valence-corrected chi connectivity index (χ1v) is 6.62. The fourth-order valence-electron chi connectivity index (χ4n) is 1.91. The second-order valence-electron chi connectivity index (χ2n) is 4.26. The van der Waals surface area contributed by atoms with Crippen LogP contribution in [-0.4, -0.2) is 28.9 Å². The van der Waals surface area contributed by atoms with E-state index in [0.717, 1.165) is 5.56 Å². The van der Waals surface area contributed by atoms with Gasteiger partial charge in [0, 0.05) is 17.3 Å². The SMILES string of the molecule is CCOc1ccccc1-c1ccnc(C=NNC(N)=O)c1O. The average Bonchev–Trinajstić information content (AvgIpc) is 2.50. The number of pyridine rings is 1. The molecule has 0 unspecified atom stereocenters. The summed E-state index contributed by atoms with van der Waals surface area (Å²) in [6.07, 6.45) is 2.75. The standard InChI is InChI=1S/C15H16N4O3/c1-2-22-13-6-4-3-5-10(13)11-7-8-17-12(14(11)20)9-18-19-15(16)21/h3-9,20H,2H2,1H3,(H3,16,19,21). The molecule has 4 N–H and O–H groups in total. The lowest BCUT2D eigenvalue weighted by atomic mass is 10.0. The number of nitrogens with zero attached hydrogens (tertiary/aromatic N) is 2. The molecule has 0 fully saturated rings. The number of amides is 2. The van der Waals surface area contributed by atoms with Crippen molar-refractivity contribution >= 4 is 12.2 Å². The second-order valence-corrected chi connectivity index (χ2v) is 4.26. The summed E-state index contributed by atoms with van der Waals surface area (Å²) in [7, 11) is 0. The average molecular weight is 300 g/mol. The number of para-hydroxylation sites is 1. The number of nitrogens with two attached hydrogens (primary N) is 1. The van der Waals surface area contributed by atoms with Gasteiger partial charge in [0.1, 0.15) is 11.4 Å².